The molecule has 8 heteroatoms. The molecule has 0 spiro atoms. The van der Waals surface area contributed by atoms with E-state index in [9.17, 15) is 13.2 Å². The van der Waals surface area contributed by atoms with Gasteiger partial charge in [0, 0.05) is 19.5 Å². The summed E-state index contributed by atoms with van der Waals surface area (Å²) in [7, 11) is -3.59. The quantitative estimate of drug-likeness (QED) is 0.668. The maximum absolute atomic E-state index is 12.2. The number of hydrogen-bond donors (Lipinski definition) is 2. The molecule has 152 valence electrons. The zero-order chi connectivity index (χ0) is 19.8. The van der Waals surface area contributed by atoms with E-state index in [-0.39, 0.29) is 29.8 Å². The first-order valence-corrected chi connectivity index (χ1v) is 11.1. The van der Waals surface area contributed by atoms with Crippen molar-refractivity contribution in [3.63, 3.8) is 0 Å². The second kappa shape index (κ2) is 9.86. The smallest absolute Gasteiger partial charge is 0.240 e. The van der Waals surface area contributed by atoms with E-state index < -0.39 is 10.0 Å². The Morgan fingerprint density at radius 3 is 2.50 bits per heavy atom. The maximum Gasteiger partial charge on any atom is 0.240 e. The minimum absolute atomic E-state index is 0.000241. The van der Waals surface area contributed by atoms with E-state index in [4.69, 9.17) is 4.42 Å². The number of amides is 1. The topological polar surface area (TPSA) is 91.6 Å². The number of likely N-dealkylation sites (tertiary alicyclic amines) is 1. The maximum atomic E-state index is 12.2. The van der Waals surface area contributed by atoms with Crippen LogP contribution >= 0.6 is 0 Å². The summed E-state index contributed by atoms with van der Waals surface area (Å²) in [5, 5.41) is 2.92. The molecule has 1 unspecified atom stereocenters. The minimum Gasteiger partial charge on any atom is -0.468 e. The number of sulfonamides is 1. The molecule has 0 bridgehead atoms. The number of rotatable bonds is 9. The number of hydrogen-bond acceptors (Lipinski definition) is 5. The number of furan rings is 1. The molecule has 0 radical (unpaired) electrons. The van der Waals surface area contributed by atoms with Crippen molar-refractivity contribution in [2.24, 2.45) is 0 Å². The lowest BCUT2D eigenvalue weighted by Gasteiger charge is -2.33. The zero-order valence-electron chi connectivity index (χ0n) is 15.8. The lowest BCUT2D eigenvalue weighted by atomic mass is 10.1. The molecular formula is C20H27N3O4S. The molecule has 1 aromatic carbocycles. The van der Waals surface area contributed by atoms with Crippen LogP contribution in [0, 0.1) is 0 Å². The first kappa shape index (κ1) is 20.6. The highest BCUT2D eigenvalue weighted by atomic mass is 32.2. The van der Waals surface area contributed by atoms with Gasteiger partial charge in [-0.2, -0.15) is 0 Å². The summed E-state index contributed by atoms with van der Waals surface area (Å²) in [6.45, 7) is 2.46. The van der Waals surface area contributed by atoms with Crippen LogP contribution < -0.4 is 10.0 Å². The van der Waals surface area contributed by atoms with Crippen molar-refractivity contribution in [1.82, 2.24) is 14.9 Å². The van der Waals surface area contributed by atoms with E-state index in [1.165, 1.54) is 18.6 Å². The predicted octanol–water partition coefficient (Wildman–Crippen LogP) is 2.29. The van der Waals surface area contributed by atoms with Gasteiger partial charge in [-0.3, -0.25) is 9.69 Å². The average Bonchev–Trinajstić information content (AvgIpc) is 3.24. The lowest BCUT2D eigenvalue weighted by molar-refractivity contribution is -0.121. The Bertz CT molecular complexity index is 832. The molecule has 1 saturated heterocycles. The van der Waals surface area contributed by atoms with Gasteiger partial charge in [0.25, 0.3) is 0 Å². The highest BCUT2D eigenvalue weighted by Gasteiger charge is 2.25. The average molecular weight is 406 g/mol. The summed E-state index contributed by atoms with van der Waals surface area (Å²) in [5.74, 6) is 0.649. The van der Waals surface area contributed by atoms with Crippen molar-refractivity contribution in [3.05, 3.63) is 54.5 Å². The van der Waals surface area contributed by atoms with Crippen LogP contribution in [0.3, 0.4) is 0 Å². The van der Waals surface area contributed by atoms with Gasteiger partial charge in [-0.05, 0) is 50.2 Å². The molecule has 1 aliphatic heterocycles. The van der Waals surface area contributed by atoms with E-state index in [1.54, 1.807) is 24.5 Å². The number of carbonyl (C=O) groups is 1. The zero-order valence-corrected chi connectivity index (χ0v) is 16.7. The van der Waals surface area contributed by atoms with Crippen LogP contribution in [-0.2, 0) is 14.8 Å². The first-order valence-electron chi connectivity index (χ1n) is 9.65. The Balaban J connectivity index is 1.48. The molecule has 7 nitrogen and oxygen atoms in total. The fourth-order valence-corrected chi connectivity index (χ4v) is 4.45. The molecule has 0 saturated carbocycles. The Kier molecular flexibility index (Phi) is 7.24. The van der Waals surface area contributed by atoms with E-state index in [0.29, 0.717) is 6.54 Å². The Hall–Kier alpha value is -2.16. The van der Waals surface area contributed by atoms with E-state index in [0.717, 1.165) is 31.7 Å². The van der Waals surface area contributed by atoms with E-state index in [1.807, 2.05) is 12.1 Å². The molecule has 1 aromatic heterocycles. The van der Waals surface area contributed by atoms with E-state index >= 15 is 0 Å². The second-order valence-electron chi connectivity index (χ2n) is 6.89. The van der Waals surface area contributed by atoms with Gasteiger partial charge in [-0.1, -0.05) is 24.6 Å². The van der Waals surface area contributed by atoms with Crippen LogP contribution in [-0.4, -0.2) is 45.4 Å². The van der Waals surface area contributed by atoms with Crippen LogP contribution in [0.15, 0.2) is 58.0 Å². The van der Waals surface area contributed by atoms with Gasteiger partial charge in [0.1, 0.15) is 5.76 Å². The third-order valence-electron chi connectivity index (χ3n) is 4.89. The molecule has 1 atom stereocenters. The Labute approximate surface area is 166 Å². The molecule has 1 fully saturated rings. The highest BCUT2D eigenvalue weighted by Crippen LogP contribution is 2.24. The number of piperidine rings is 1. The van der Waals surface area contributed by atoms with Crippen LogP contribution in [0.4, 0.5) is 0 Å². The normalized spacial score (nSPS) is 16.6. The Morgan fingerprint density at radius 1 is 1.07 bits per heavy atom. The third-order valence-corrected chi connectivity index (χ3v) is 6.37. The molecule has 2 heterocycles. The van der Waals surface area contributed by atoms with Crippen molar-refractivity contribution in [2.45, 2.75) is 36.6 Å². The Morgan fingerprint density at radius 2 is 1.82 bits per heavy atom. The largest absolute Gasteiger partial charge is 0.468 e. The lowest BCUT2D eigenvalue weighted by Crippen LogP contribution is -2.41. The minimum atomic E-state index is -3.59. The number of nitrogens with one attached hydrogen (secondary N) is 2. The molecule has 28 heavy (non-hydrogen) atoms. The first-order chi connectivity index (χ1) is 13.6. The molecule has 0 aliphatic carbocycles. The van der Waals surface area contributed by atoms with Crippen molar-refractivity contribution in [3.8, 4) is 0 Å². The fraction of sp³-hybridized carbons (Fsp3) is 0.450. The van der Waals surface area contributed by atoms with Crippen molar-refractivity contribution in [2.75, 3.05) is 26.2 Å². The summed E-state index contributed by atoms with van der Waals surface area (Å²) >= 11 is 0. The second-order valence-corrected chi connectivity index (χ2v) is 8.66. The van der Waals surface area contributed by atoms with Gasteiger partial charge >= 0.3 is 0 Å². The summed E-state index contributed by atoms with van der Waals surface area (Å²) in [4.78, 5) is 14.8. The summed E-state index contributed by atoms with van der Waals surface area (Å²) in [6, 6.07) is 11.9. The predicted molar refractivity (Wildman–Crippen MR) is 106 cm³/mol. The SMILES string of the molecule is O=C(CCNS(=O)(=O)c1ccccc1)NCC(c1ccco1)N1CCCCC1. The van der Waals surface area contributed by atoms with E-state index in [2.05, 4.69) is 14.9 Å². The van der Waals surface area contributed by atoms with Crippen molar-refractivity contribution >= 4 is 15.9 Å². The standard InChI is InChI=1S/C20H27N3O4S/c24-20(11-12-22-28(25,26)17-8-3-1-4-9-17)21-16-18(19-10-7-15-27-19)23-13-5-2-6-14-23/h1,3-4,7-10,15,18,22H,2,5-6,11-14,16H2,(H,21,24). The molecule has 1 amide bonds. The number of nitrogens with zero attached hydrogens (tertiary/aromatic N) is 1. The number of benzene rings is 1. The van der Waals surface area contributed by atoms with Gasteiger partial charge in [0.2, 0.25) is 15.9 Å². The van der Waals surface area contributed by atoms with Crippen LogP contribution in [0.25, 0.3) is 0 Å². The van der Waals surface area contributed by atoms with Gasteiger partial charge in [0.15, 0.2) is 0 Å². The van der Waals surface area contributed by atoms with Gasteiger partial charge < -0.3 is 9.73 Å². The van der Waals surface area contributed by atoms with Crippen LogP contribution in [0.5, 0.6) is 0 Å². The third kappa shape index (κ3) is 5.67. The van der Waals surface area contributed by atoms with Crippen LogP contribution in [0.1, 0.15) is 37.5 Å². The molecule has 2 N–H and O–H groups in total. The summed E-state index contributed by atoms with van der Waals surface area (Å²) in [6.07, 6.45) is 5.25. The molecule has 2 aromatic rings. The van der Waals surface area contributed by atoms with Gasteiger partial charge in [0.05, 0.1) is 17.2 Å². The highest BCUT2D eigenvalue weighted by molar-refractivity contribution is 7.89. The monoisotopic (exact) mass is 405 g/mol. The molecule has 3 rings (SSSR count). The summed E-state index contributed by atoms with van der Waals surface area (Å²) < 4.78 is 32.4. The molecule has 1 aliphatic rings. The van der Waals surface area contributed by atoms with Crippen LogP contribution in [0.2, 0.25) is 0 Å². The molecular weight excluding hydrogens is 378 g/mol. The van der Waals surface area contributed by atoms with Crippen molar-refractivity contribution < 1.29 is 17.6 Å². The van der Waals surface area contributed by atoms with Gasteiger partial charge in [-0.25, -0.2) is 13.1 Å². The van der Waals surface area contributed by atoms with Gasteiger partial charge in [-0.15, -0.1) is 0 Å². The summed E-state index contributed by atoms with van der Waals surface area (Å²) in [5.41, 5.74) is 0. The van der Waals surface area contributed by atoms with Crippen molar-refractivity contribution in [1.29, 1.82) is 0 Å². The fourth-order valence-electron chi connectivity index (χ4n) is 3.40. The number of carbonyl (C=O) groups excluding carboxylic acids is 1.